The fraction of sp³-hybridized carbons (Fsp3) is 0. The van der Waals surface area contributed by atoms with Crippen LogP contribution < -0.4 is 16.1 Å². The highest BCUT2D eigenvalue weighted by Gasteiger charge is 2.05. The van der Waals surface area contributed by atoms with Gasteiger partial charge in [-0.05, 0) is 12.1 Å². The Morgan fingerprint density at radius 1 is 1.06 bits per heavy atom. The van der Waals surface area contributed by atoms with Crippen LogP contribution in [0.2, 0.25) is 0 Å². The Kier molecular flexibility index (Phi) is 2.47. The van der Waals surface area contributed by atoms with Crippen molar-refractivity contribution in [2.75, 3.05) is 0 Å². The van der Waals surface area contributed by atoms with Crippen LogP contribution in [-0.4, -0.2) is 14.7 Å². The van der Waals surface area contributed by atoms with E-state index in [1.807, 2.05) is 0 Å². The van der Waals surface area contributed by atoms with E-state index in [9.17, 15) is 9.59 Å². The molecule has 1 aromatic heterocycles. The molecule has 16 heavy (non-hydrogen) atoms. The van der Waals surface area contributed by atoms with E-state index in [-0.39, 0.29) is 4.73 Å². The predicted octanol–water partition coefficient (Wildman–Crippen LogP) is 0.0894. The van der Waals surface area contributed by atoms with E-state index < -0.39 is 11.2 Å². The summed E-state index contributed by atoms with van der Waals surface area (Å²) in [5.41, 5.74) is -1.62. The highest BCUT2D eigenvalue weighted by Crippen LogP contribution is 2.07. The van der Waals surface area contributed by atoms with Crippen LogP contribution in [0.3, 0.4) is 0 Å². The van der Waals surface area contributed by atoms with Crippen molar-refractivity contribution in [3.63, 3.8) is 0 Å². The minimum absolute atomic E-state index is 0.268. The third-order valence-corrected chi connectivity index (χ3v) is 1.87. The van der Waals surface area contributed by atoms with Gasteiger partial charge in [0.25, 0.3) is 5.56 Å². The molecular formula is C10H8N2O4. The van der Waals surface area contributed by atoms with Crippen LogP contribution in [-0.2, 0) is 0 Å². The molecule has 1 aromatic carbocycles. The molecule has 6 heteroatoms. The molecule has 0 aliphatic rings. The van der Waals surface area contributed by atoms with Gasteiger partial charge in [-0.3, -0.25) is 4.79 Å². The maximum absolute atomic E-state index is 11.3. The molecule has 0 radical (unpaired) electrons. The largest absolute Gasteiger partial charge is 0.424 e. The van der Waals surface area contributed by atoms with Gasteiger partial charge in [-0.25, -0.2) is 4.79 Å². The Balaban J connectivity index is 2.47. The second kappa shape index (κ2) is 3.93. The Morgan fingerprint density at radius 2 is 1.75 bits per heavy atom. The first-order valence-corrected chi connectivity index (χ1v) is 4.46. The average Bonchev–Trinajstić information content (AvgIpc) is 2.31. The molecule has 2 rings (SSSR count). The summed E-state index contributed by atoms with van der Waals surface area (Å²) in [5.74, 6) is 0.327. The lowest BCUT2D eigenvalue weighted by atomic mass is 10.3. The van der Waals surface area contributed by atoms with Gasteiger partial charge >= 0.3 is 5.69 Å². The fourth-order valence-electron chi connectivity index (χ4n) is 1.12. The maximum Gasteiger partial charge on any atom is 0.397 e. The zero-order chi connectivity index (χ0) is 11.5. The van der Waals surface area contributed by atoms with Crippen LogP contribution in [0.5, 0.6) is 5.75 Å². The molecule has 0 spiro atoms. The maximum atomic E-state index is 11.3. The molecule has 6 nitrogen and oxygen atoms in total. The molecule has 0 amide bonds. The van der Waals surface area contributed by atoms with Gasteiger partial charge in [-0.2, -0.15) is 0 Å². The van der Waals surface area contributed by atoms with Crippen molar-refractivity contribution in [2.24, 2.45) is 0 Å². The second-order valence-corrected chi connectivity index (χ2v) is 2.98. The summed E-state index contributed by atoms with van der Waals surface area (Å²) < 4.78 is 0.736. The number of aromatic nitrogens is 2. The van der Waals surface area contributed by atoms with E-state index in [1.54, 1.807) is 30.3 Å². The minimum Gasteiger partial charge on any atom is -0.424 e. The van der Waals surface area contributed by atoms with Gasteiger partial charge in [0.2, 0.25) is 0 Å². The van der Waals surface area contributed by atoms with E-state index in [1.165, 1.54) is 0 Å². The van der Waals surface area contributed by atoms with Gasteiger partial charge in [0, 0.05) is 6.07 Å². The molecule has 0 saturated carbocycles. The van der Waals surface area contributed by atoms with E-state index in [2.05, 4.69) is 0 Å². The average molecular weight is 220 g/mol. The van der Waals surface area contributed by atoms with E-state index >= 15 is 0 Å². The summed E-state index contributed by atoms with van der Waals surface area (Å²) in [4.78, 5) is 27.7. The fourth-order valence-corrected chi connectivity index (χ4v) is 1.12. The van der Waals surface area contributed by atoms with Gasteiger partial charge in [-0.15, -0.1) is 4.73 Å². The molecule has 0 aliphatic carbocycles. The van der Waals surface area contributed by atoms with Crippen molar-refractivity contribution < 1.29 is 10.0 Å². The van der Waals surface area contributed by atoms with Crippen LogP contribution in [0.4, 0.5) is 0 Å². The Labute approximate surface area is 89.5 Å². The zero-order valence-electron chi connectivity index (χ0n) is 8.11. The summed E-state index contributed by atoms with van der Waals surface area (Å²) in [6.45, 7) is 0. The molecule has 1 heterocycles. The summed E-state index contributed by atoms with van der Waals surface area (Å²) in [5, 5.41) is 9.07. The van der Waals surface area contributed by atoms with Crippen LogP contribution in [0.25, 0.3) is 0 Å². The van der Waals surface area contributed by atoms with Gasteiger partial charge in [0.15, 0.2) is 5.75 Å². The van der Waals surface area contributed by atoms with Gasteiger partial charge < -0.3 is 10.0 Å². The third kappa shape index (κ3) is 1.81. The number of para-hydroxylation sites is 1. The first-order chi connectivity index (χ1) is 7.68. The minimum atomic E-state index is -0.962. The number of benzene rings is 1. The van der Waals surface area contributed by atoms with Crippen molar-refractivity contribution in [1.82, 2.24) is 9.46 Å². The van der Waals surface area contributed by atoms with Crippen LogP contribution >= 0.6 is 0 Å². The highest BCUT2D eigenvalue weighted by molar-refractivity contribution is 5.20. The topological polar surface area (TPSA) is 73.5 Å². The molecule has 82 valence electrons. The second-order valence-electron chi connectivity index (χ2n) is 2.98. The molecule has 1 N–H and O–H groups in total. The van der Waals surface area contributed by atoms with Crippen LogP contribution in [0.15, 0.2) is 52.2 Å². The Bertz CT molecular complexity index is 600. The summed E-state index contributed by atoms with van der Waals surface area (Å²) in [6, 6.07) is 9.35. The predicted molar refractivity (Wildman–Crippen MR) is 54.6 cm³/mol. The lowest BCUT2D eigenvalue weighted by Gasteiger charge is -2.06. The van der Waals surface area contributed by atoms with Crippen LogP contribution in [0, 0.1) is 0 Å². The molecular weight excluding hydrogens is 212 g/mol. The normalized spacial score (nSPS) is 10.0. The first kappa shape index (κ1) is 10.0. The Hall–Kier alpha value is -2.50. The smallest absolute Gasteiger partial charge is 0.397 e. The molecule has 0 atom stereocenters. The molecule has 0 saturated heterocycles. The van der Waals surface area contributed by atoms with Crippen molar-refractivity contribution in [2.45, 2.75) is 0 Å². The quantitative estimate of drug-likeness (QED) is 0.728. The van der Waals surface area contributed by atoms with Crippen LogP contribution in [0.1, 0.15) is 0 Å². The third-order valence-electron chi connectivity index (χ3n) is 1.87. The lowest BCUT2D eigenvalue weighted by Crippen LogP contribution is -2.40. The first-order valence-electron chi connectivity index (χ1n) is 4.46. The van der Waals surface area contributed by atoms with Gasteiger partial charge in [-0.1, -0.05) is 22.9 Å². The molecule has 0 aliphatic heterocycles. The van der Waals surface area contributed by atoms with Gasteiger partial charge in [0.05, 0.1) is 6.20 Å². The summed E-state index contributed by atoms with van der Waals surface area (Å²) in [7, 11) is 0. The molecule has 0 bridgehead atoms. The van der Waals surface area contributed by atoms with E-state index in [0.717, 1.165) is 12.3 Å². The van der Waals surface area contributed by atoms with Gasteiger partial charge in [0.1, 0.15) is 0 Å². The summed E-state index contributed by atoms with van der Waals surface area (Å²) in [6.07, 6.45) is 0.954. The van der Waals surface area contributed by atoms with Crippen molar-refractivity contribution in [3.05, 3.63) is 63.4 Å². The number of hydrogen-bond acceptors (Lipinski definition) is 4. The molecule has 0 unspecified atom stereocenters. The van der Waals surface area contributed by atoms with Crippen molar-refractivity contribution >= 4 is 0 Å². The molecule has 2 aromatic rings. The zero-order valence-corrected chi connectivity index (χ0v) is 8.11. The van der Waals surface area contributed by atoms with E-state index in [0.29, 0.717) is 10.5 Å². The van der Waals surface area contributed by atoms with E-state index in [4.69, 9.17) is 10.0 Å². The number of hydrogen-bond donors (Lipinski definition) is 1. The lowest BCUT2D eigenvalue weighted by molar-refractivity contribution is 0.117. The number of nitrogens with zero attached hydrogens (tertiary/aromatic N) is 2. The summed E-state index contributed by atoms with van der Waals surface area (Å²) >= 11 is 0. The molecule has 0 fully saturated rings. The Morgan fingerprint density at radius 3 is 2.44 bits per heavy atom. The van der Waals surface area contributed by atoms with Crippen molar-refractivity contribution in [3.8, 4) is 5.75 Å². The highest BCUT2D eigenvalue weighted by atomic mass is 16.7. The SMILES string of the molecule is O=c1ccn(O)c(=O)n1Oc1ccccc1. The van der Waals surface area contributed by atoms with Crippen molar-refractivity contribution in [1.29, 1.82) is 0 Å². The number of rotatable bonds is 2. The standard InChI is InChI=1S/C10H8N2O4/c13-9-6-7-11(15)10(14)12(9)16-8-4-2-1-3-5-8/h1-7,15H. The monoisotopic (exact) mass is 220 g/mol.